The Morgan fingerprint density at radius 2 is 0.516 bits per heavy atom. The first-order valence-corrected chi connectivity index (χ1v) is 14.9. The van der Waals surface area contributed by atoms with Gasteiger partial charge in [0, 0.05) is 0 Å². The summed E-state index contributed by atoms with van der Waals surface area (Å²) >= 11 is 0. The maximum atomic E-state index is 3.55. The average molecular weight is 437 g/mol. The Kier molecular flexibility index (Phi) is 36.5. The van der Waals surface area contributed by atoms with E-state index in [1.165, 1.54) is 161 Å². The molecule has 31 heavy (non-hydrogen) atoms. The Balaban J connectivity index is 0. The van der Waals surface area contributed by atoms with Gasteiger partial charge in [-0.3, -0.25) is 0 Å². The fourth-order valence-corrected chi connectivity index (χ4v) is 4.24. The Labute approximate surface area is 200 Å². The predicted octanol–water partition coefficient (Wildman–Crippen LogP) is 12.4. The molecule has 0 radical (unpaired) electrons. The molecule has 0 atom stereocenters. The molecule has 0 bridgehead atoms. The summed E-state index contributed by atoms with van der Waals surface area (Å²) in [5.74, 6) is 0. The summed E-state index contributed by atoms with van der Waals surface area (Å²) < 4.78 is 0. The van der Waals surface area contributed by atoms with Crippen LogP contribution in [0.15, 0.2) is 12.7 Å². The van der Waals surface area contributed by atoms with Crippen LogP contribution in [0.5, 0.6) is 0 Å². The van der Waals surface area contributed by atoms with Crippen molar-refractivity contribution in [1.82, 2.24) is 0 Å². The third-order valence-corrected chi connectivity index (χ3v) is 6.45. The van der Waals surface area contributed by atoms with Crippen LogP contribution in [-0.4, -0.2) is 0 Å². The summed E-state index contributed by atoms with van der Waals surface area (Å²) in [6.45, 7) is 10.3. The lowest BCUT2D eigenvalue weighted by molar-refractivity contribution is 0.518. The molecule has 0 fully saturated rings. The van der Waals surface area contributed by atoms with Gasteiger partial charge in [0.15, 0.2) is 0 Å². The van der Waals surface area contributed by atoms with Gasteiger partial charge in [-0.15, -0.1) is 6.58 Å². The first kappa shape index (κ1) is 32.9. The highest BCUT2D eigenvalue weighted by Gasteiger charge is 1.95. The van der Waals surface area contributed by atoms with Crippen molar-refractivity contribution in [1.29, 1.82) is 0 Å². The fourth-order valence-electron chi connectivity index (χ4n) is 4.24. The lowest BCUT2D eigenvalue weighted by atomic mass is 10.0. The van der Waals surface area contributed by atoms with E-state index in [4.69, 9.17) is 0 Å². The lowest BCUT2D eigenvalue weighted by Crippen LogP contribution is -1.84. The van der Waals surface area contributed by atoms with Crippen molar-refractivity contribution in [3.63, 3.8) is 0 Å². The van der Waals surface area contributed by atoms with Crippen LogP contribution in [0, 0.1) is 0 Å². The van der Waals surface area contributed by atoms with E-state index in [-0.39, 0.29) is 0 Å². The summed E-state index contributed by atoms with van der Waals surface area (Å²) in [6.07, 6.45) is 39.7. The van der Waals surface area contributed by atoms with Gasteiger partial charge in [0.25, 0.3) is 0 Å². The molecular weight excluding hydrogens is 372 g/mol. The molecule has 0 aromatic carbocycles. The number of allylic oxidation sites excluding steroid dienone is 1. The number of rotatable bonds is 25. The van der Waals surface area contributed by atoms with Gasteiger partial charge >= 0.3 is 0 Å². The molecule has 0 nitrogen and oxygen atoms in total. The topological polar surface area (TPSA) is 0 Å². The minimum Gasteiger partial charge on any atom is -0.103 e. The molecule has 0 spiro atoms. The lowest BCUT2D eigenvalue weighted by Gasteiger charge is -2.04. The van der Waals surface area contributed by atoms with Gasteiger partial charge in [-0.05, 0) is 6.42 Å². The van der Waals surface area contributed by atoms with Crippen molar-refractivity contribution < 1.29 is 0 Å². The van der Waals surface area contributed by atoms with Crippen LogP contribution in [-0.2, 0) is 0 Å². The second kappa shape index (κ2) is 34.4. The highest BCUT2D eigenvalue weighted by atomic mass is 14.0. The van der Waals surface area contributed by atoms with Gasteiger partial charge in [-0.2, -0.15) is 0 Å². The Bertz CT molecular complexity index is 256. The van der Waals surface area contributed by atoms with Crippen LogP contribution in [0.2, 0.25) is 0 Å². The van der Waals surface area contributed by atoms with Crippen molar-refractivity contribution >= 4 is 0 Å². The summed E-state index contributed by atoms with van der Waals surface area (Å²) in [7, 11) is 0. The predicted molar refractivity (Wildman–Crippen MR) is 147 cm³/mol. The van der Waals surface area contributed by atoms with Crippen LogP contribution >= 0.6 is 0 Å². The Morgan fingerprint density at radius 1 is 0.323 bits per heavy atom. The molecule has 0 N–H and O–H groups in total. The van der Waals surface area contributed by atoms with Crippen molar-refractivity contribution in [3.8, 4) is 0 Å². The number of hydrogen-bond acceptors (Lipinski definition) is 0. The largest absolute Gasteiger partial charge is 0.103 e. The van der Waals surface area contributed by atoms with E-state index in [9.17, 15) is 0 Å². The zero-order chi connectivity index (χ0) is 23.1. The van der Waals surface area contributed by atoms with E-state index in [1.54, 1.807) is 0 Å². The van der Waals surface area contributed by atoms with E-state index in [2.05, 4.69) is 27.4 Å². The molecular formula is C31H64. The Hall–Kier alpha value is -0.260. The van der Waals surface area contributed by atoms with Gasteiger partial charge < -0.3 is 0 Å². The zero-order valence-electron chi connectivity index (χ0n) is 22.7. The van der Waals surface area contributed by atoms with Gasteiger partial charge in [0.05, 0.1) is 0 Å². The third kappa shape index (κ3) is 37.4. The van der Waals surface area contributed by atoms with Gasteiger partial charge in [-0.25, -0.2) is 0 Å². The molecule has 0 heteroatoms. The monoisotopic (exact) mass is 437 g/mol. The molecule has 0 rings (SSSR count). The minimum atomic E-state index is 1.15. The van der Waals surface area contributed by atoms with Crippen molar-refractivity contribution in [3.05, 3.63) is 12.7 Å². The minimum absolute atomic E-state index is 1.15. The smallest absolute Gasteiger partial charge is 0.0356 e. The molecule has 0 heterocycles. The highest BCUT2D eigenvalue weighted by molar-refractivity contribution is 4.63. The molecule has 0 aliphatic heterocycles. The van der Waals surface area contributed by atoms with E-state index in [1.807, 2.05) is 6.08 Å². The van der Waals surface area contributed by atoms with E-state index in [0.29, 0.717) is 0 Å². The first-order chi connectivity index (χ1) is 15.3. The maximum Gasteiger partial charge on any atom is -0.0356 e. The van der Waals surface area contributed by atoms with E-state index < -0.39 is 0 Å². The molecule has 0 saturated heterocycles. The highest BCUT2D eigenvalue weighted by Crippen LogP contribution is 2.15. The third-order valence-electron chi connectivity index (χ3n) is 6.45. The second-order valence-corrected chi connectivity index (χ2v) is 9.86. The van der Waals surface area contributed by atoms with E-state index in [0.717, 1.165) is 6.42 Å². The summed E-state index contributed by atoms with van der Waals surface area (Å²) in [5.41, 5.74) is 0. The molecule has 0 aromatic rings. The molecule has 188 valence electrons. The van der Waals surface area contributed by atoms with Crippen LogP contribution in [0.1, 0.15) is 188 Å². The van der Waals surface area contributed by atoms with Gasteiger partial charge in [-0.1, -0.05) is 187 Å². The molecule has 0 aliphatic carbocycles. The van der Waals surface area contributed by atoms with E-state index >= 15 is 0 Å². The summed E-state index contributed by atoms with van der Waals surface area (Å²) in [6, 6.07) is 0. The SMILES string of the molecule is C=CCCC.CCCCCCCCCCCCCCCCCCCCCCCCCC. The van der Waals surface area contributed by atoms with Crippen LogP contribution in [0.4, 0.5) is 0 Å². The van der Waals surface area contributed by atoms with Gasteiger partial charge in [0.2, 0.25) is 0 Å². The quantitative estimate of drug-likeness (QED) is 0.0985. The zero-order valence-corrected chi connectivity index (χ0v) is 22.7. The normalized spacial score (nSPS) is 10.7. The molecule has 0 amide bonds. The molecule has 0 saturated carbocycles. The Morgan fingerprint density at radius 3 is 0.613 bits per heavy atom. The molecule has 0 aromatic heterocycles. The fraction of sp³-hybridized carbons (Fsp3) is 0.935. The standard InChI is InChI=1S/C26H54.C5H10/c1-3-5-7-9-11-13-15-17-19-21-23-25-26-24-22-20-18-16-14-12-10-8-6-4-2;1-3-5-4-2/h3-26H2,1-2H3;3H,1,4-5H2,2H3. The first-order valence-electron chi connectivity index (χ1n) is 14.9. The molecule has 0 aliphatic rings. The van der Waals surface area contributed by atoms with Crippen molar-refractivity contribution in [2.24, 2.45) is 0 Å². The maximum absolute atomic E-state index is 3.55. The van der Waals surface area contributed by atoms with Crippen LogP contribution in [0.25, 0.3) is 0 Å². The number of hydrogen-bond donors (Lipinski definition) is 0. The van der Waals surface area contributed by atoms with Crippen molar-refractivity contribution in [2.75, 3.05) is 0 Å². The summed E-state index contributed by atoms with van der Waals surface area (Å²) in [5, 5.41) is 0. The van der Waals surface area contributed by atoms with Crippen LogP contribution in [0.3, 0.4) is 0 Å². The van der Waals surface area contributed by atoms with Gasteiger partial charge in [0.1, 0.15) is 0 Å². The molecule has 0 unspecified atom stereocenters. The number of unbranched alkanes of at least 4 members (excludes halogenated alkanes) is 24. The van der Waals surface area contributed by atoms with Crippen molar-refractivity contribution in [2.45, 2.75) is 188 Å². The average Bonchev–Trinajstić information content (AvgIpc) is 2.78. The van der Waals surface area contributed by atoms with Crippen LogP contribution < -0.4 is 0 Å². The second-order valence-electron chi connectivity index (χ2n) is 9.86. The summed E-state index contributed by atoms with van der Waals surface area (Å²) in [4.78, 5) is 0.